The number of methoxy groups -OCH3 is 1. The molecular weight excluding hydrogens is 310 g/mol. The van der Waals surface area contributed by atoms with Gasteiger partial charge in [-0.25, -0.2) is 13.1 Å². The molecule has 1 aromatic heterocycles. The summed E-state index contributed by atoms with van der Waals surface area (Å²) in [5, 5.41) is 3.03. The number of ether oxygens (including phenoxy) is 1. The van der Waals surface area contributed by atoms with Gasteiger partial charge in [0.15, 0.2) is 0 Å². The number of sulfonamides is 1. The molecule has 0 saturated heterocycles. The van der Waals surface area contributed by atoms with Gasteiger partial charge in [0.1, 0.15) is 0 Å². The Balaban J connectivity index is 2.57. The Morgan fingerprint density at radius 1 is 1.38 bits per heavy atom. The van der Waals surface area contributed by atoms with Crippen molar-refractivity contribution in [1.82, 2.24) is 14.9 Å². The maximum absolute atomic E-state index is 12.3. The van der Waals surface area contributed by atoms with Crippen LogP contribution in [0.15, 0.2) is 11.0 Å². The highest BCUT2D eigenvalue weighted by atomic mass is 32.2. The van der Waals surface area contributed by atoms with Gasteiger partial charge in [0, 0.05) is 43.0 Å². The van der Waals surface area contributed by atoms with Crippen molar-refractivity contribution >= 4 is 21.4 Å². The van der Waals surface area contributed by atoms with E-state index in [1.807, 2.05) is 25.9 Å². The van der Waals surface area contributed by atoms with Crippen LogP contribution in [-0.2, 0) is 21.3 Å². The van der Waals surface area contributed by atoms with Gasteiger partial charge in [-0.1, -0.05) is 0 Å². The monoisotopic (exact) mass is 335 g/mol. The third-order valence-corrected chi connectivity index (χ3v) is 5.79. The fourth-order valence-electron chi connectivity index (χ4n) is 1.86. The van der Waals surface area contributed by atoms with Crippen LogP contribution in [-0.4, -0.2) is 60.8 Å². The number of nitrogens with zero attached hydrogens (tertiary/aromatic N) is 1. The predicted molar refractivity (Wildman–Crippen MR) is 86.4 cm³/mol. The van der Waals surface area contributed by atoms with Gasteiger partial charge in [0.25, 0.3) is 0 Å². The molecule has 6 nitrogen and oxygen atoms in total. The number of aryl methyl sites for hydroxylation is 1. The second-order valence-electron chi connectivity index (χ2n) is 4.86. The molecule has 0 amide bonds. The fourth-order valence-corrected chi connectivity index (χ4v) is 4.53. The molecule has 0 aromatic carbocycles. The van der Waals surface area contributed by atoms with Crippen LogP contribution in [0.5, 0.6) is 0 Å². The van der Waals surface area contributed by atoms with Gasteiger partial charge in [-0.05, 0) is 27.1 Å². The third kappa shape index (κ3) is 6.01. The van der Waals surface area contributed by atoms with Crippen LogP contribution in [0.2, 0.25) is 0 Å². The van der Waals surface area contributed by atoms with Crippen molar-refractivity contribution < 1.29 is 13.2 Å². The summed E-state index contributed by atoms with van der Waals surface area (Å²) < 4.78 is 32.2. The van der Waals surface area contributed by atoms with Crippen LogP contribution >= 0.6 is 11.3 Å². The lowest BCUT2D eigenvalue weighted by molar-refractivity contribution is 0.162. The zero-order chi connectivity index (χ0) is 15.9. The lowest BCUT2D eigenvalue weighted by Crippen LogP contribution is -2.34. The summed E-state index contributed by atoms with van der Waals surface area (Å²) in [5.41, 5.74) is 0. The van der Waals surface area contributed by atoms with Crippen molar-refractivity contribution in [3.05, 3.63) is 15.8 Å². The molecule has 21 heavy (non-hydrogen) atoms. The lowest BCUT2D eigenvalue weighted by Gasteiger charge is -2.16. The second kappa shape index (κ2) is 8.82. The van der Waals surface area contributed by atoms with Crippen LogP contribution < -0.4 is 10.0 Å². The molecule has 0 aliphatic heterocycles. The molecule has 0 fully saturated rings. The summed E-state index contributed by atoms with van der Waals surface area (Å²) >= 11 is 1.51. The largest absolute Gasteiger partial charge is 0.383 e. The van der Waals surface area contributed by atoms with Crippen LogP contribution in [0, 0.1) is 6.92 Å². The molecule has 0 aliphatic rings. The standard InChI is InChI=1S/C13H25N3O3S2/c1-11-13(9-12(20-11)10-14-2)21(17,18)15-5-6-16(3)7-8-19-4/h9,14-15H,5-8,10H2,1-4H3. The molecule has 0 bridgehead atoms. The maximum Gasteiger partial charge on any atom is 0.241 e. The molecule has 0 saturated carbocycles. The summed E-state index contributed by atoms with van der Waals surface area (Å²) in [4.78, 5) is 4.25. The maximum atomic E-state index is 12.3. The quantitative estimate of drug-likeness (QED) is 0.656. The molecule has 1 heterocycles. The average molecular weight is 335 g/mol. The first-order valence-corrected chi connectivity index (χ1v) is 9.11. The second-order valence-corrected chi connectivity index (χ2v) is 7.93. The summed E-state index contributed by atoms with van der Waals surface area (Å²) in [6.45, 7) is 4.97. The van der Waals surface area contributed by atoms with Crippen LogP contribution in [0.3, 0.4) is 0 Å². The lowest BCUT2D eigenvalue weighted by atomic mass is 10.4. The summed E-state index contributed by atoms with van der Waals surface area (Å²) in [7, 11) is 2.00. The predicted octanol–water partition coefficient (Wildman–Crippen LogP) is 0.632. The van der Waals surface area contributed by atoms with E-state index in [0.717, 1.165) is 16.3 Å². The van der Waals surface area contributed by atoms with Crippen molar-refractivity contribution in [3.8, 4) is 0 Å². The molecule has 0 aliphatic carbocycles. The number of rotatable bonds is 10. The van der Waals surface area contributed by atoms with E-state index < -0.39 is 10.0 Å². The Morgan fingerprint density at radius 3 is 2.71 bits per heavy atom. The Hall–Kier alpha value is -0.510. The molecule has 0 atom stereocenters. The minimum Gasteiger partial charge on any atom is -0.383 e. The molecule has 0 unspecified atom stereocenters. The highest BCUT2D eigenvalue weighted by Crippen LogP contribution is 2.25. The molecule has 2 N–H and O–H groups in total. The van der Waals surface area contributed by atoms with Gasteiger partial charge in [-0.2, -0.15) is 0 Å². The fraction of sp³-hybridized carbons (Fsp3) is 0.692. The van der Waals surface area contributed by atoms with Gasteiger partial charge < -0.3 is 15.0 Å². The van der Waals surface area contributed by atoms with Crippen molar-refractivity contribution in [3.63, 3.8) is 0 Å². The summed E-state index contributed by atoms with van der Waals surface area (Å²) in [5.74, 6) is 0. The molecule has 1 rings (SSSR count). The van der Waals surface area contributed by atoms with Crippen molar-refractivity contribution in [1.29, 1.82) is 0 Å². The molecule has 122 valence electrons. The number of likely N-dealkylation sites (N-methyl/N-ethyl adjacent to an activating group) is 1. The topological polar surface area (TPSA) is 70.7 Å². The van der Waals surface area contributed by atoms with Crippen molar-refractivity contribution in [2.75, 3.05) is 47.4 Å². The van der Waals surface area contributed by atoms with Gasteiger partial charge in [0.05, 0.1) is 11.5 Å². The van der Waals surface area contributed by atoms with E-state index in [2.05, 4.69) is 10.0 Å². The minimum atomic E-state index is -3.43. The van der Waals surface area contributed by atoms with Gasteiger partial charge in [0.2, 0.25) is 10.0 Å². The van der Waals surface area contributed by atoms with Crippen LogP contribution in [0.25, 0.3) is 0 Å². The number of nitrogens with one attached hydrogen (secondary N) is 2. The number of thiophene rings is 1. The highest BCUT2D eigenvalue weighted by molar-refractivity contribution is 7.89. The van der Waals surface area contributed by atoms with Crippen LogP contribution in [0.4, 0.5) is 0 Å². The van der Waals surface area contributed by atoms with Gasteiger partial charge in [-0.3, -0.25) is 0 Å². The summed E-state index contributed by atoms with van der Waals surface area (Å²) in [6, 6.07) is 1.74. The molecular formula is C13H25N3O3S2. The average Bonchev–Trinajstić information content (AvgIpc) is 2.78. The number of hydrogen-bond donors (Lipinski definition) is 2. The Bertz CT molecular complexity index is 529. The van der Waals surface area contributed by atoms with E-state index >= 15 is 0 Å². The number of hydrogen-bond acceptors (Lipinski definition) is 6. The Morgan fingerprint density at radius 2 is 2.10 bits per heavy atom. The molecule has 0 spiro atoms. The van der Waals surface area contributed by atoms with E-state index in [1.165, 1.54) is 11.3 Å². The Labute approximate surface area is 131 Å². The molecule has 1 aromatic rings. The van der Waals surface area contributed by atoms with E-state index in [4.69, 9.17) is 4.74 Å². The third-order valence-electron chi connectivity index (χ3n) is 3.03. The first-order valence-electron chi connectivity index (χ1n) is 6.81. The zero-order valence-electron chi connectivity index (χ0n) is 13.1. The SMILES string of the molecule is CNCc1cc(S(=O)(=O)NCCN(C)CCOC)c(C)s1. The normalized spacial score (nSPS) is 12.2. The Kier molecular flexibility index (Phi) is 7.78. The highest BCUT2D eigenvalue weighted by Gasteiger charge is 2.19. The van der Waals surface area contributed by atoms with E-state index in [-0.39, 0.29) is 0 Å². The minimum absolute atomic E-state index is 0.386. The summed E-state index contributed by atoms with van der Waals surface area (Å²) in [6.07, 6.45) is 0. The van der Waals surface area contributed by atoms with Gasteiger partial charge >= 0.3 is 0 Å². The molecule has 0 radical (unpaired) electrons. The first kappa shape index (κ1) is 18.5. The van der Waals surface area contributed by atoms with E-state index in [1.54, 1.807) is 13.2 Å². The van der Waals surface area contributed by atoms with Crippen molar-refractivity contribution in [2.24, 2.45) is 0 Å². The van der Waals surface area contributed by atoms with E-state index in [9.17, 15) is 8.42 Å². The molecule has 8 heteroatoms. The first-order chi connectivity index (χ1) is 9.90. The smallest absolute Gasteiger partial charge is 0.241 e. The van der Waals surface area contributed by atoms with Crippen LogP contribution in [0.1, 0.15) is 9.75 Å². The van der Waals surface area contributed by atoms with Crippen molar-refractivity contribution in [2.45, 2.75) is 18.4 Å². The zero-order valence-corrected chi connectivity index (χ0v) is 14.7. The van der Waals surface area contributed by atoms with Gasteiger partial charge in [-0.15, -0.1) is 11.3 Å². The van der Waals surface area contributed by atoms with E-state index in [0.29, 0.717) is 31.1 Å².